The van der Waals surface area contributed by atoms with E-state index in [1.54, 1.807) is 11.0 Å². The van der Waals surface area contributed by atoms with Crippen LogP contribution in [0, 0.1) is 17.5 Å². The molecule has 0 atom stereocenters. The number of carbonyl (C=O) groups excluding carboxylic acids is 1. The molecule has 0 bridgehead atoms. The number of ether oxygens (including phenoxy) is 1. The smallest absolute Gasteiger partial charge is 0.229 e. The second kappa shape index (κ2) is 7.57. The lowest BCUT2D eigenvalue weighted by atomic mass is 10.1. The number of hydrogen-bond donors (Lipinski definition) is 1. The van der Waals surface area contributed by atoms with E-state index >= 15 is 0 Å². The van der Waals surface area contributed by atoms with Crippen molar-refractivity contribution in [2.75, 3.05) is 36.5 Å². The number of hydrogen-bond acceptors (Lipinski definition) is 3. The number of morpholine rings is 1. The van der Waals surface area contributed by atoms with E-state index in [9.17, 15) is 18.0 Å². The molecule has 0 unspecified atom stereocenters. The number of anilines is 2. The molecule has 1 heterocycles. The fourth-order valence-corrected chi connectivity index (χ4v) is 2.68. The molecule has 4 nitrogen and oxygen atoms in total. The fraction of sp³-hybridized carbons (Fsp3) is 0.278. The minimum atomic E-state index is -0.872. The van der Waals surface area contributed by atoms with E-state index in [1.165, 1.54) is 30.3 Å². The Morgan fingerprint density at radius 3 is 2.32 bits per heavy atom. The van der Waals surface area contributed by atoms with Gasteiger partial charge in [0, 0.05) is 18.8 Å². The molecule has 132 valence electrons. The van der Waals surface area contributed by atoms with Crippen LogP contribution >= 0.6 is 0 Å². The SMILES string of the molecule is O=C(Cc1ccccc1F)Nc1c(F)cc(N2CCOCC2)cc1F. The van der Waals surface area contributed by atoms with E-state index in [-0.39, 0.29) is 12.0 Å². The number of benzene rings is 2. The van der Waals surface area contributed by atoms with Crippen LogP contribution in [0.5, 0.6) is 0 Å². The van der Waals surface area contributed by atoms with Crippen LogP contribution in [0.4, 0.5) is 24.5 Å². The third-order valence-corrected chi connectivity index (χ3v) is 3.98. The summed E-state index contributed by atoms with van der Waals surface area (Å²) in [6, 6.07) is 8.11. The molecule has 2 aromatic rings. The van der Waals surface area contributed by atoms with Crippen LogP contribution in [-0.2, 0) is 16.0 Å². The zero-order chi connectivity index (χ0) is 17.8. The molecule has 1 aliphatic heterocycles. The van der Waals surface area contributed by atoms with Crippen molar-refractivity contribution in [3.05, 3.63) is 59.4 Å². The molecule has 2 aromatic carbocycles. The molecular weight excluding hydrogens is 333 g/mol. The molecule has 0 aliphatic carbocycles. The molecule has 7 heteroatoms. The predicted octanol–water partition coefficient (Wildman–Crippen LogP) is 3.12. The van der Waals surface area contributed by atoms with Crippen LogP contribution in [0.1, 0.15) is 5.56 Å². The Hall–Kier alpha value is -2.54. The summed E-state index contributed by atoms with van der Waals surface area (Å²) in [4.78, 5) is 13.8. The summed E-state index contributed by atoms with van der Waals surface area (Å²) in [5.41, 5.74) is 0.0227. The van der Waals surface area contributed by atoms with Gasteiger partial charge in [-0.2, -0.15) is 0 Å². The molecule has 1 N–H and O–H groups in total. The first-order valence-electron chi connectivity index (χ1n) is 7.89. The van der Waals surface area contributed by atoms with Crippen LogP contribution < -0.4 is 10.2 Å². The van der Waals surface area contributed by atoms with Gasteiger partial charge in [0.25, 0.3) is 0 Å². The molecule has 0 radical (unpaired) electrons. The summed E-state index contributed by atoms with van der Waals surface area (Å²) >= 11 is 0. The lowest BCUT2D eigenvalue weighted by molar-refractivity contribution is -0.115. The van der Waals surface area contributed by atoms with Gasteiger partial charge in [0.15, 0.2) is 11.6 Å². The molecule has 1 aliphatic rings. The minimum absolute atomic E-state index is 0.158. The van der Waals surface area contributed by atoms with Gasteiger partial charge in [0.1, 0.15) is 11.5 Å². The normalized spacial score (nSPS) is 14.4. The lowest BCUT2D eigenvalue weighted by Gasteiger charge is -2.29. The van der Waals surface area contributed by atoms with Crippen molar-refractivity contribution in [1.82, 2.24) is 0 Å². The van der Waals surface area contributed by atoms with Crippen molar-refractivity contribution in [3.63, 3.8) is 0 Å². The first-order chi connectivity index (χ1) is 12.0. The van der Waals surface area contributed by atoms with Crippen molar-refractivity contribution >= 4 is 17.3 Å². The summed E-state index contributed by atoms with van der Waals surface area (Å²) in [7, 11) is 0. The van der Waals surface area contributed by atoms with Crippen molar-refractivity contribution in [2.24, 2.45) is 0 Å². The third kappa shape index (κ3) is 4.11. The monoisotopic (exact) mass is 350 g/mol. The van der Waals surface area contributed by atoms with E-state index < -0.39 is 29.0 Å². The molecule has 1 amide bonds. The number of rotatable bonds is 4. The molecule has 1 fully saturated rings. The zero-order valence-electron chi connectivity index (χ0n) is 13.4. The van der Waals surface area contributed by atoms with Crippen LogP contribution in [0.3, 0.4) is 0 Å². The summed E-state index contributed by atoms with van der Waals surface area (Å²) in [5, 5.41) is 2.19. The van der Waals surface area contributed by atoms with Gasteiger partial charge in [-0.3, -0.25) is 4.79 Å². The first kappa shape index (κ1) is 17.3. The lowest BCUT2D eigenvalue weighted by Crippen LogP contribution is -2.36. The van der Waals surface area contributed by atoms with Crippen LogP contribution in [0.15, 0.2) is 36.4 Å². The standard InChI is InChI=1S/C18H17F3N2O2/c19-14-4-2-1-3-12(14)9-17(24)22-18-15(20)10-13(11-16(18)21)23-5-7-25-8-6-23/h1-4,10-11H,5-9H2,(H,22,24). The van der Waals surface area contributed by atoms with E-state index in [0.29, 0.717) is 32.0 Å². The van der Waals surface area contributed by atoms with Crippen molar-refractivity contribution in [2.45, 2.75) is 6.42 Å². The van der Waals surface area contributed by atoms with Gasteiger partial charge in [0.05, 0.1) is 19.6 Å². The maximum atomic E-state index is 14.3. The Kier molecular flexibility index (Phi) is 5.23. The second-order valence-electron chi connectivity index (χ2n) is 5.70. The van der Waals surface area contributed by atoms with E-state index in [0.717, 1.165) is 0 Å². The highest BCUT2D eigenvalue weighted by Gasteiger charge is 2.19. The Morgan fingerprint density at radius 1 is 1.04 bits per heavy atom. The third-order valence-electron chi connectivity index (χ3n) is 3.98. The Labute approximate surface area is 143 Å². The second-order valence-corrected chi connectivity index (χ2v) is 5.70. The molecular formula is C18H17F3N2O2. The highest BCUT2D eigenvalue weighted by molar-refractivity contribution is 5.92. The molecule has 0 aromatic heterocycles. The summed E-state index contributed by atoms with van der Waals surface area (Å²) in [6.45, 7) is 2.06. The highest BCUT2D eigenvalue weighted by atomic mass is 19.1. The van der Waals surface area contributed by atoms with Crippen molar-refractivity contribution in [1.29, 1.82) is 0 Å². The van der Waals surface area contributed by atoms with Gasteiger partial charge < -0.3 is 15.0 Å². The van der Waals surface area contributed by atoms with Crippen LogP contribution in [-0.4, -0.2) is 32.2 Å². The zero-order valence-corrected chi connectivity index (χ0v) is 13.4. The van der Waals surface area contributed by atoms with Gasteiger partial charge in [-0.1, -0.05) is 18.2 Å². The van der Waals surface area contributed by atoms with E-state index in [1.807, 2.05) is 0 Å². The number of nitrogens with one attached hydrogen (secondary N) is 1. The van der Waals surface area contributed by atoms with Gasteiger partial charge >= 0.3 is 0 Å². The van der Waals surface area contributed by atoms with Crippen molar-refractivity contribution < 1.29 is 22.7 Å². The number of carbonyl (C=O) groups is 1. The fourth-order valence-electron chi connectivity index (χ4n) is 2.68. The van der Waals surface area contributed by atoms with Gasteiger partial charge in [-0.15, -0.1) is 0 Å². The highest BCUT2D eigenvalue weighted by Crippen LogP contribution is 2.26. The maximum Gasteiger partial charge on any atom is 0.229 e. The van der Waals surface area contributed by atoms with Gasteiger partial charge in [-0.05, 0) is 23.8 Å². The van der Waals surface area contributed by atoms with E-state index in [4.69, 9.17) is 4.74 Å². The molecule has 1 saturated heterocycles. The minimum Gasteiger partial charge on any atom is -0.378 e. The average Bonchev–Trinajstić information content (AvgIpc) is 2.61. The average molecular weight is 350 g/mol. The first-order valence-corrected chi connectivity index (χ1v) is 7.89. The molecule has 0 spiro atoms. The van der Waals surface area contributed by atoms with Gasteiger partial charge in [0.2, 0.25) is 5.91 Å². The summed E-state index contributed by atoms with van der Waals surface area (Å²) in [5.74, 6) is -2.98. The predicted molar refractivity (Wildman–Crippen MR) is 88.1 cm³/mol. The Bertz CT molecular complexity index is 754. The number of halogens is 3. The number of amides is 1. The Balaban J connectivity index is 1.74. The number of nitrogens with zero attached hydrogens (tertiary/aromatic N) is 1. The topological polar surface area (TPSA) is 41.6 Å². The van der Waals surface area contributed by atoms with Crippen LogP contribution in [0.25, 0.3) is 0 Å². The maximum absolute atomic E-state index is 14.3. The van der Waals surface area contributed by atoms with Gasteiger partial charge in [-0.25, -0.2) is 13.2 Å². The molecule has 3 rings (SSSR count). The quantitative estimate of drug-likeness (QED) is 0.921. The van der Waals surface area contributed by atoms with Crippen molar-refractivity contribution in [3.8, 4) is 0 Å². The Morgan fingerprint density at radius 2 is 1.68 bits per heavy atom. The van der Waals surface area contributed by atoms with Crippen LogP contribution in [0.2, 0.25) is 0 Å². The summed E-state index contributed by atoms with van der Waals surface area (Å²) in [6.07, 6.45) is -0.309. The van der Waals surface area contributed by atoms with E-state index in [2.05, 4.69) is 5.32 Å². The summed E-state index contributed by atoms with van der Waals surface area (Å²) < 4.78 is 47.3. The largest absolute Gasteiger partial charge is 0.378 e. The molecule has 25 heavy (non-hydrogen) atoms. The molecule has 0 saturated carbocycles.